The van der Waals surface area contributed by atoms with Gasteiger partial charge in [0.1, 0.15) is 17.6 Å². The molecule has 0 unspecified atom stereocenters. The molecule has 2 aliphatic heterocycles. The number of aliphatic hydroxyl groups is 1. The molecule has 1 amide bonds. The predicted octanol–water partition coefficient (Wildman–Crippen LogP) is 1.42. The van der Waals surface area contributed by atoms with E-state index in [4.69, 9.17) is 4.74 Å². The Morgan fingerprint density at radius 1 is 1.18 bits per heavy atom. The van der Waals surface area contributed by atoms with Crippen molar-refractivity contribution >= 4 is 11.9 Å². The van der Waals surface area contributed by atoms with Crippen molar-refractivity contribution in [2.45, 2.75) is 18.6 Å². The van der Waals surface area contributed by atoms with E-state index in [2.05, 4.69) is 9.97 Å². The molecular formula is C24H21FN4O5. The van der Waals surface area contributed by atoms with E-state index in [1.807, 2.05) is 0 Å². The normalized spacial score (nSPS) is 22.9. The highest BCUT2D eigenvalue weighted by Gasteiger charge is 2.58. The van der Waals surface area contributed by atoms with Gasteiger partial charge in [0, 0.05) is 48.6 Å². The first-order chi connectivity index (χ1) is 16.5. The first kappa shape index (κ1) is 21.9. The number of carbonyl (C=O) groups is 2. The van der Waals surface area contributed by atoms with Crippen LogP contribution in [0.5, 0.6) is 0 Å². The Bertz CT molecular complexity index is 1330. The maximum absolute atomic E-state index is 14.4. The highest BCUT2D eigenvalue weighted by Crippen LogP contribution is 2.50. The molecule has 0 bridgehead atoms. The van der Waals surface area contributed by atoms with Crippen LogP contribution in [-0.4, -0.2) is 56.2 Å². The number of halogens is 1. The molecule has 1 aromatic carbocycles. The molecular weight excluding hydrogens is 443 g/mol. The van der Waals surface area contributed by atoms with E-state index in [0.717, 1.165) is 0 Å². The van der Waals surface area contributed by atoms with Gasteiger partial charge in [-0.1, -0.05) is 18.2 Å². The fourth-order valence-corrected chi connectivity index (χ4v) is 5.22. The Hall–Kier alpha value is -3.92. The quantitative estimate of drug-likeness (QED) is 0.581. The Balaban J connectivity index is 1.65. The summed E-state index contributed by atoms with van der Waals surface area (Å²) in [6.45, 7) is -0.238. The van der Waals surface area contributed by atoms with Gasteiger partial charge in [-0.2, -0.15) is 0 Å². The molecule has 10 heteroatoms. The number of hydrogen-bond donors (Lipinski definition) is 1. The third kappa shape index (κ3) is 3.21. The number of nitrogens with zero attached hydrogens (tertiary/aromatic N) is 4. The largest absolute Gasteiger partial charge is 0.467 e. The fourth-order valence-electron chi connectivity index (χ4n) is 5.22. The van der Waals surface area contributed by atoms with Gasteiger partial charge in [-0.05, 0) is 18.2 Å². The topological polar surface area (TPSA) is 115 Å². The van der Waals surface area contributed by atoms with Crippen molar-refractivity contribution in [3.8, 4) is 11.1 Å². The highest BCUT2D eigenvalue weighted by molar-refractivity contribution is 5.96. The summed E-state index contributed by atoms with van der Waals surface area (Å²) in [5.41, 5.74) is 0.488. The van der Waals surface area contributed by atoms with Gasteiger partial charge in [0.05, 0.1) is 24.9 Å². The van der Waals surface area contributed by atoms with Gasteiger partial charge in [-0.25, -0.2) is 14.2 Å². The van der Waals surface area contributed by atoms with E-state index in [1.54, 1.807) is 18.2 Å². The minimum absolute atomic E-state index is 0.0255. The van der Waals surface area contributed by atoms with Crippen molar-refractivity contribution in [1.29, 1.82) is 0 Å². The first-order valence-corrected chi connectivity index (χ1v) is 10.7. The van der Waals surface area contributed by atoms with Crippen LogP contribution in [0.3, 0.4) is 0 Å². The molecule has 2 aliphatic rings. The molecule has 0 radical (unpaired) electrons. The van der Waals surface area contributed by atoms with Crippen LogP contribution in [0, 0.1) is 17.7 Å². The summed E-state index contributed by atoms with van der Waals surface area (Å²) in [6, 6.07) is 7.46. The number of aliphatic hydroxyl groups excluding tert-OH is 1. The number of pyridine rings is 1. The van der Waals surface area contributed by atoms with Crippen molar-refractivity contribution in [3.05, 3.63) is 82.5 Å². The molecule has 2 aromatic heterocycles. The molecule has 4 heterocycles. The number of methoxy groups -OCH3 is 1. The molecule has 0 spiro atoms. The van der Waals surface area contributed by atoms with E-state index in [9.17, 15) is 23.9 Å². The summed E-state index contributed by atoms with van der Waals surface area (Å²) in [5, 5.41) is 10.2. The number of ether oxygens (including phenoxy) is 1. The SMILES string of the molecule is COC(=O)[C@H]1[C@H](CO)[C@H]2Cn3c(ccc(-c4ccccc4F)c3=O)[C@H]2N1C(=O)c1cnccn1. The molecule has 9 nitrogen and oxygen atoms in total. The van der Waals surface area contributed by atoms with Gasteiger partial charge in [-0.15, -0.1) is 0 Å². The van der Waals surface area contributed by atoms with Gasteiger partial charge >= 0.3 is 5.97 Å². The average Bonchev–Trinajstić information content (AvgIpc) is 3.39. The summed E-state index contributed by atoms with van der Waals surface area (Å²) < 4.78 is 20.8. The number of fused-ring (bicyclic) bond motifs is 3. The monoisotopic (exact) mass is 464 g/mol. The maximum atomic E-state index is 14.4. The van der Waals surface area contributed by atoms with E-state index in [0.29, 0.717) is 5.69 Å². The van der Waals surface area contributed by atoms with Crippen molar-refractivity contribution in [2.75, 3.05) is 13.7 Å². The molecule has 4 atom stereocenters. The fraction of sp³-hybridized carbons (Fsp3) is 0.292. The molecule has 0 saturated carbocycles. The first-order valence-electron chi connectivity index (χ1n) is 10.7. The number of likely N-dealkylation sites (tertiary alicyclic amines) is 1. The predicted molar refractivity (Wildman–Crippen MR) is 117 cm³/mol. The highest BCUT2D eigenvalue weighted by atomic mass is 19.1. The number of carbonyl (C=O) groups excluding carboxylic acids is 2. The number of aromatic nitrogens is 3. The van der Waals surface area contributed by atoms with Gasteiger partial charge in [0.2, 0.25) is 0 Å². The van der Waals surface area contributed by atoms with E-state index in [-0.39, 0.29) is 23.4 Å². The molecule has 0 aliphatic carbocycles. The standard InChI is InChI=1S/C24H21FN4O5/c1-34-24(33)21-16(12-30)15-11-28-19(20(15)29(21)23(32)18-10-26-8-9-27-18)7-6-14(22(28)31)13-4-2-3-5-17(13)25/h2-10,15-16,20-21,30H,11-12H2,1H3/t15-,16-,20+,21-/m1/s1. The molecule has 1 N–H and O–H groups in total. The maximum Gasteiger partial charge on any atom is 0.329 e. The van der Waals surface area contributed by atoms with Crippen LogP contribution in [0.25, 0.3) is 11.1 Å². The van der Waals surface area contributed by atoms with Crippen molar-refractivity contribution < 1.29 is 23.8 Å². The van der Waals surface area contributed by atoms with Crippen LogP contribution in [0.1, 0.15) is 22.2 Å². The Morgan fingerprint density at radius 3 is 2.65 bits per heavy atom. The number of rotatable bonds is 4. The van der Waals surface area contributed by atoms with Gasteiger partial charge in [-0.3, -0.25) is 14.6 Å². The lowest BCUT2D eigenvalue weighted by Gasteiger charge is -2.29. The zero-order valence-electron chi connectivity index (χ0n) is 18.2. The summed E-state index contributed by atoms with van der Waals surface area (Å²) >= 11 is 0. The second kappa shape index (κ2) is 8.45. The Labute approximate surface area is 193 Å². The molecule has 3 aromatic rings. The van der Waals surface area contributed by atoms with Gasteiger partial charge in [0.25, 0.3) is 11.5 Å². The number of amides is 1. The van der Waals surface area contributed by atoms with Gasteiger partial charge < -0.3 is 19.3 Å². The van der Waals surface area contributed by atoms with Crippen LogP contribution in [0.2, 0.25) is 0 Å². The van der Waals surface area contributed by atoms with Crippen molar-refractivity contribution in [1.82, 2.24) is 19.4 Å². The van der Waals surface area contributed by atoms with Gasteiger partial charge in [0.15, 0.2) is 0 Å². The Morgan fingerprint density at radius 2 is 1.97 bits per heavy atom. The number of esters is 1. The lowest BCUT2D eigenvalue weighted by Crippen LogP contribution is -2.46. The summed E-state index contributed by atoms with van der Waals surface area (Å²) in [6.07, 6.45) is 4.08. The molecule has 1 saturated heterocycles. The molecule has 34 heavy (non-hydrogen) atoms. The van der Waals surface area contributed by atoms with Crippen LogP contribution in [0.15, 0.2) is 59.8 Å². The van der Waals surface area contributed by atoms with Crippen LogP contribution < -0.4 is 5.56 Å². The Kier molecular flexibility index (Phi) is 5.45. The lowest BCUT2D eigenvalue weighted by atomic mass is 9.88. The van der Waals surface area contributed by atoms with Crippen LogP contribution in [-0.2, 0) is 16.1 Å². The minimum atomic E-state index is -1.06. The lowest BCUT2D eigenvalue weighted by molar-refractivity contribution is -0.147. The molecule has 1 fully saturated rings. The zero-order valence-corrected chi connectivity index (χ0v) is 18.2. The average molecular weight is 464 g/mol. The number of hydrogen-bond acceptors (Lipinski definition) is 7. The minimum Gasteiger partial charge on any atom is -0.467 e. The van der Waals surface area contributed by atoms with E-state index >= 15 is 0 Å². The molecule has 174 valence electrons. The molecule has 5 rings (SSSR count). The summed E-state index contributed by atoms with van der Waals surface area (Å²) in [7, 11) is 1.22. The van der Waals surface area contributed by atoms with Crippen LogP contribution >= 0.6 is 0 Å². The number of benzene rings is 1. The van der Waals surface area contributed by atoms with E-state index in [1.165, 1.54) is 53.4 Å². The van der Waals surface area contributed by atoms with E-state index < -0.39 is 53.8 Å². The third-order valence-electron chi connectivity index (χ3n) is 6.70. The second-order valence-electron chi connectivity index (χ2n) is 8.29. The second-order valence-corrected chi connectivity index (χ2v) is 8.29. The zero-order chi connectivity index (χ0) is 24.0. The smallest absolute Gasteiger partial charge is 0.329 e. The summed E-state index contributed by atoms with van der Waals surface area (Å²) in [5.74, 6) is -2.85. The van der Waals surface area contributed by atoms with Crippen molar-refractivity contribution in [3.63, 3.8) is 0 Å². The van der Waals surface area contributed by atoms with Crippen molar-refractivity contribution in [2.24, 2.45) is 11.8 Å². The summed E-state index contributed by atoms with van der Waals surface area (Å²) in [4.78, 5) is 49.0. The third-order valence-corrected chi connectivity index (χ3v) is 6.70. The van der Waals surface area contributed by atoms with Crippen LogP contribution in [0.4, 0.5) is 4.39 Å².